The van der Waals surface area contributed by atoms with Crippen molar-refractivity contribution in [3.05, 3.63) is 35.4 Å². The summed E-state index contributed by atoms with van der Waals surface area (Å²) in [5.74, 6) is 0.845. The molecule has 0 amide bonds. The molecule has 0 aliphatic heterocycles. The Hall–Kier alpha value is -0.820. The number of aliphatic imine (C=N–C) groups is 1. The van der Waals surface area contributed by atoms with Gasteiger partial charge in [0.1, 0.15) is 0 Å². The molecule has 0 bridgehead atoms. The fourth-order valence-corrected chi connectivity index (χ4v) is 1.91. The molecule has 0 spiro atoms. The highest BCUT2D eigenvalue weighted by atomic mass is 127. The maximum atomic E-state index is 5.54. The maximum absolute atomic E-state index is 5.54. The second-order valence-corrected chi connectivity index (χ2v) is 5.08. The molecule has 22 heavy (non-hydrogen) atoms. The van der Waals surface area contributed by atoms with Crippen LogP contribution in [0, 0.1) is 6.92 Å². The van der Waals surface area contributed by atoms with Crippen LogP contribution in [-0.2, 0) is 11.3 Å². The molecular formula is C17H30IN3O. The third-order valence-corrected chi connectivity index (χ3v) is 3.03. The Morgan fingerprint density at radius 3 is 2.68 bits per heavy atom. The highest BCUT2D eigenvalue weighted by Gasteiger charge is 1.97. The molecule has 2 N–H and O–H groups in total. The number of benzene rings is 1. The summed E-state index contributed by atoms with van der Waals surface area (Å²) in [7, 11) is 0. The monoisotopic (exact) mass is 419 g/mol. The SMILES string of the molecule is CCCCOCCNC(=NCc1cccc(C)c1)NCC.I. The number of halogens is 1. The molecule has 126 valence electrons. The number of unbranched alkanes of at least 4 members (excludes halogenated alkanes) is 1. The van der Waals surface area contributed by atoms with E-state index in [1.165, 1.54) is 17.5 Å². The van der Waals surface area contributed by atoms with Crippen LogP contribution in [0.3, 0.4) is 0 Å². The van der Waals surface area contributed by atoms with Crippen molar-refractivity contribution in [3.63, 3.8) is 0 Å². The van der Waals surface area contributed by atoms with Gasteiger partial charge in [-0.3, -0.25) is 0 Å². The molecule has 4 nitrogen and oxygen atoms in total. The predicted octanol–water partition coefficient (Wildman–Crippen LogP) is 3.48. The molecule has 1 aromatic rings. The first-order valence-electron chi connectivity index (χ1n) is 7.91. The molecule has 0 aromatic heterocycles. The lowest BCUT2D eigenvalue weighted by atomic mass is 10.1. The Labute approximate surface area is 152 Å². The number of hydrogen-bond donors (Lipinski definition) is 2. The number of hydrogen-bond acceptors (Lipinski definition) is 2. The van der Waals surface area contributed by atoms with Crippen molar-refractivity contribution >= 4 is 29.9 Å². The van der Waals surface area contributed by atoms with Crippen molar-refractivity contribution in [1.29, 1.82) is 0 Å². The van der Waals surface area contributed by atoms with Gasteiger partial charge in [-0.2, -0.15) is 0 Å². The number of nitrogens with one attached hydrogen (secondary N) is 2. The van der Waals surface area contributed by atoms with Gasteiger partial charge < -0.3 is 15.4 Å². The van der Waals surface area contributed by atoms with E-state index in [1.54, 1.807) is 0 Å². The van der Waals surface area contributed by atoms with Crippen molar-refractivity contribution in [2.24, 2.45) is 4.99 Å². The lowest BCUT2D eigenvalue weighted by Crippen LogP contribution is -2.39. The minimum Gasteiger partial charge on any atom is -0.380 e. The highest BCUT2D eigenvalue weighted by Crippen LogP contribution is 2.04. The lowest BCUT2D eigenvalue weighted by molar-refractivity contribution is 0.136. The first-order chi connectivity index (χ1) is 10.3. The molecule has 0 fully saturated rings. The van der Waals surface area contributed by atoms with Gasteiger partial charge in [0.05, 0.1) is 13.2 Å². The van der Waals surface area contributed by atoms with E-state index in [4.69, 9.17) is 4.74 Å². The van der Waals surface area contributed by atoms with Gasteiger partial charge in [-0.25, -0.2) is 4.99 Å². The first-order valence-corrected chi connectivity index (χ1v) is 7.91. The molecule has 0 radical (unpaired) electrons. The average molecular weight is 419 g/mol. The average Bonchev–Trinajstić information content (AvgIpc) is 2.48. The standard InChI is InChI=1S/C17H29N3O.HI/c1-4-6-11-21-12-10-19-17(18-5-2)20-14-16-9-7-8-15(3)13-16;/h7-9,13H,4-6,10-12,14H2,1-3H3,(H2,18,19,20);1H. The Morgan fingerprint density at radius 1 is 1.18 bits per heavy atom. The Kier molecular flexibility index (Phi) is 13.3. The van der Waals surface area contributed by atoms with Gasteiger partial charge in [-0.15, -0.1) is 24.0 Å². The zero-order chi connectivity index (χ0) is 15.3. The maximum Gasteiger partial charge on any atom is 0.191 e. The zero-order valence-electron chi connectivity index (χ0n) is 14.0. The molecule has 0 saturated carbocycles. The number of nitrogens with zero attached hydrogens (tertiary/aromatic N) is 1. The third-order valence-electron chi connectivity index (χ3n) is 3.03. The number of rotatable bonds is 9. The van der Waals surface area contributed by atoms with E-state index in [0.29, 0.717) is 6.54 Å². The summed E-state index contributed by atoms with van der Waals surface area (Å²) in [6.45, 7) is 10.2. The molecule has 0 atom stereocenters. The van der Waals surface area contributed by atoms with Crippen LogP contribution in [0.5, 0.6) is 0 Å². The summed E-state index contributed by atoms with van der Waals surface area (Å²) in [6.07, 6.45) is 2.30. The zero-order valence-corrected chi connectivity index (χ0v) is 16.4. The Morgan fingerprint density at radius 2 is 2.00 bits per heavy atom. The van der Waals surface area contributed by atoms with Crippen molar-refractivity contribution < 1.29 is 4.74 Å². The van der Waals surface area contributed by atoms with Crippen LogP contribution in [0.4, 0.5) is 0 Å². The fraction of sp³-hybridized carbons (Fsp3) is 0.588. The van der Waals surface area contributed by atoms with Crippen molar-refractivity contribution in [3.8, 4) is 0 Å². The molecule has 1 aromatic carbocycles. The van der Waals surface area contributed by atoms with E-state index in [1.807, 2.05) is 0 Å². The van der Waals surface area contributed by atoms with Gasteiger partial charge in [-0.05, 0) is 25.8 Å². The van der Waals surface area contributed by atoms with E-state index in [2.05, 4.69) is 60.7 Å². The van der Waals surface area contributed by atoms with Gasteiger partial charge in [0.25, 0.3) is 0 Å². The molecule has 0 saturated heterocycles. The number of aryl methyl sites for hydroxylation is 1. The normalized spacial score (nSPS) is 11.0. The smallest absolute Gasteiger partial charge is 0.191 e. The molecule has 0 aliphatic rings. The second-order valence-electron chi connectivity index (χ2n) is 5.08. The molecule has 5 heteroatoms. The summed E-state index contributed by atoms with van der Waals surface area (Å²) in [5.41, 5.74) is 2.50. The summed E-state index contributed by atoms with van der Waals surface area (Å²) in [6, 6.07) is 8.45. The number of guanidine groups is 1. The van der Waals surface area contributed by atoms with E-state index < -0.39 is 0 Å². The van der Waals surface area contributed by atoms with Crippen molar-refractivity contribution in [2.75, 3.05) is 26.3 Å². The lowest BCUT2D eigenvalue weighted by Gasteiger charge is -2.11. The van der Waals surface area contributed by atoms with Crippen LogP contribution in [0.2, 0.25) is 0 Å². The van der Waals surface area contributed by atoms with E-state index in [9.17, 15) is 0 Å². The predicted molar refractivity (Wildman–Crippen MR) is 105 cm³/mol. The third kappa shape index (κ3) is 10.00. The first kappa shape index (κ1) is 21.2. The second kappa shape index (κ2) is 13.8. The molecule has 0 aliphatic carbocycles. The topological polar surface area (TPSA) is 45.6 Å². The van der Waals surface area contributed by atoms with Crippen LogP contribution < -0.4 is 10.6 Å². The van der Waals surface area contributed by atoms with Crippen LogP contribution in [0.25, 0.3) is 0 Å². The van der Waals surface area contributed by atoms with Crippen LogP contribution in [0.15, 0.2) is 29.3 Å². The Balaban J connectivity index is 0.00000441. The summed E-state index contributed by atoms with van der Waals surface area (Å²) in [4.78, 5) is 4.60. The molecule has 0 heterocycles. The van der Waals surface area contributed by atoms with Crippen LogP contribution in [-0.4, -0.2) is 32.3 Å². The quantitative estimate of drug-likeness (QED) is 0.279. The minimum atomic E-state index is 0. The summed E-state index contributed by atoms with van der Waals surface area (Å²) >= 11 is 0. The van der Waals surface area contributed by atoms with Gasteiger partial charge in [0.15, 0.2) is 5.96 Å². The van der Waals surface area contributed by atoms with Crippen LogP contribution >= 0.6 is 24.0 Å². The van der Waals surface area contributed by atoms with Crippen molar-refractivity contribution in [1.82, 2.24) is 10.6 Å². The number of ether oxygens (including phenoxy) is 1. The van der Waals surface area contributed by atoms with Crippen LogP contribution in [0.1, 0.15) is 37.8 Å². The summed E-state index contributed by atoms with van der Waals surface area (Å²) in [5, 5.41) is 6.55. The van der Waals surface area contributed by atoms with Crippen molar-refractivity contribution in [2.45, 2.75) is 40.2 Å². The van der Waals surface area contributed by atoms with E-state index in [0.717, 1.165) is 38.7 Å². The minimum absolute atomic E-state index is 0. The largest absolute Gasteiger partial charge is 0.380 e. The Bertz CT molecular complexity index is 424. The van der Waals surface area contributed by atoms with E-state index >= 15 is 0 Å². The molecule has 0 unspecified atom stereocenters. The van der Waals surface area contributed by atoms with Gasteiger partial charge in [0, 0.05) is 19.7 Å². The summed E-state index contributed by atoms with van der Waals surface area (Å²) < 4.78 is 5.54. The van der Waals surface area contributed by atoms with E-state index in [-0.39, 0.29) is 24.0 Å². The molecular weight excluding hydrogens is 389 g/mol. The van der Waals surface area contributed by atoms with Gasteiger partial charge in [-0.1, -0.05) is 43.2 Å². The molecule has 1 rings (SSSR count). The fourth-order valence-electron chi connectivity index (χ4n) is 1.91. The van der Waals surface area contributed by atoms with Gasteiger partial charge >= 0.3 is 0 Å². The highest BCUT2D eigenvalue weighted by molar-refractivity contribution is 14.0. The van der Waals surface area contributed by atoms with Gasteiger partial charge in [0.2, 0.25) is 0 Å².